The Kier molecular flexibility index (Phi) is 4.58. The highest BCUT2D eigenvalue weighted by Crippen LogP contribution is 2.28. The van der Waals surface area contributed by atoms with E-state index >= 15 is 0 Å². The minimum atomic E-state index is -0.823. The van der Waals surface area contributed by atoms with Gasteiger partial charge in [-0.2, -0.15) is 5.26 Å². The molecule has 16 heavy (non-hydrogen) atoms. The number of hydrogen-bond donors (Lipinski definition) is 2. The second-order valence-corrected chi connectivity index (χ2v) is 3.89. The van der Waals surface area contributed by atoms with Crippen molar-refractivity contribution in [1.29, 1.82) is 5.26 Å². The Hall–Kier alpha value is -1.26. The van der Waals surface area contributed by atoms with E-state index < -0.39 is 11.6 Å². The number of nitrogens with zero attached hydrogens (tertiary/aromatic N) is 2. The topological polar surface area (TPSA) is 48.2 Å². The standard InChI is InChI=1S/C9H7F2N3S2/c1-16-9(13-4-12)14-8-6(11)2-5(10)3-7(8)15/h2-3,15H,1H3,(H,13,14). The van der Waals surface area contributed by atoms with Crippen molar-refractivity contribution < 1.29 is 8.78 Å². The average Bonchev–Trinajstić information content (AvgIpc) is 2.21. The molecule has 84 valence electrons. The normalized spacial score (nSPS) is 11.1. The van der Waals surface area contributed by atoms with E-state index in [4.69, 9.17) is 5.26 Å². The van der Waals surface area contributed by atoms with Gasteiger partial charge in [-0.05, 0) is 12.3 Å². The molecule has 1 rings (SSSR count). The average molecular weight is 259 g/mol. The quantitative estimate of drug-likeness (QED) is 0.268. The minimum Gasteiger partial charge on any atom is -0.271 e. The molecule has 0 aliphatic rings. The van der Waals surface area contributed by atoms with Crippen molar-refractivity contribution in [2.24, 2.45) is 4.99 Å². The molecule has 1 aromatic rings. The zero-order valence-electron chi connectivity index (χ0n) is 8.16. The van der Waals surface area contributed by atoms with Gasteiger partial charge in [-0.1, -0.05) is 11.8 Å². The molecule has 0 unspecified atom stereocenters. The second-order valence-electron chi connectivity index (χ2n) is 2.61. The first-order valence-corrected chi connectivity index (χ1v) is 5.71. The first-order chi connectivity index (χ1) is 7.58. The van der Waals surface area contributed by atoms with Crippen molar-refractivity contribution in [3.63, 3.8) is 0 Å². The summed E-state index contributed by atoms with van der Waals surface area (Å²) < 4.78 is 26.1. The van der Waals surface area contributed by atoms with E-state index in [0.29, 0.717) is 6.07 Å². The number of thiol groups is 1. The molecule has 0 heterocycles. The molecule has 0 fully saturated rings. The van der Waals surface area contributed by atoms with Crippen LogP contribution in [0.3, 0.4) is 0 Å². The number of aliphatic imine (C=N–C) groups is 1. The summed E-state index contributed by atoms with van der Waals surface area (Å²) in [6.45, 7) is 0. The van der Waals surface area contributed by atoms with E-state index in [1.165, 1.54) is 0 Å². The van der Waals surface area contributed by atoms with Crippen LogP contribution in [-0.4, -0.2) is 11.4 Å². The van der Waals surface area contributed by atoms with Crippen LogP contribution in [0.2, 0.25) is 0 Å². The zero-order valence-corrected chi connectivity index (χ0v) is 9.87. The predicted molar refractivity (Wildman–Crippen MR) is 63.0 cm³/mol. The number of rotatable bonds is 1. The van der Waals surface area contributed by atoms with Gasteiger partial charge in [-0.3, -0.25) is 5.32 Å². The highest BCUT2D eigenvalue weighted by Gasteiger charge is 2.09. The number of thioether (sulfide) groups is 1. The van der Waals surface area contributed by atoms with Gasteiger partial charge in [0.05, 0.1) is 0 Å². The minimum absolute atomic E-state index is 0.0730. The number of nitriles is 1. The number of hydrogen-bond acceptors (Lipinski definition) is 4. The summed E-state index contributed by atoms with van der Waals surface area (Å²) in [5.41, 5.74) is -0.100. The van der Waals surface area contributed by atoms with Crippen LogP contribution in [0, 0.1) is 23.1 Å². The number of benzene rings is 1. The van der Waals surface area contributed by atoms with Crippen LogP contribution in [0.5, 0.6) is 0 Å². The molecule has 0 aliphatic carbocycles. The first-order valence-electron chi connectivity index (χ1n) is 4.04. The highest BCUT2D eigenvalue weighted by atomic mass is 32.2. The molecule has 0 saturated carbocycles. The lowest BCUT2D eigenvalue weighted by Gasteiger charge is -2.04. The van der Waals surface area contributed by atoms with Crippen molar-refractivity contribution in [2.45, 2.75) is 4.90 Å². The molecule has 0 atom stereocenters. The molecule has 0 bridgehead atoms. The monoisotopic (exact) mass is 259 g/mol. The van der Waals surface area contributed by atoms with E-state index in [2.05, 4.69) is 22.9 Å². The Morgan fingerprint density at radius 3 is 2.75 bits per heavy atom. The van der Waals surface area contributed by atoms with E-state index in [1.807, 2.05) is 0 Å². The molecule has 3 nitrogen and oxygen atoms in total. The van der Waals surface area contributed by atoms with E-state index in [1.54, 1.807) is 12.4 Å². The van der Waals surface area contributed by atoms with Gasteiger partial charge in [0.25, 0.3) is 0 Å². The van der Waals surface area contributed by atoms with Crippen LogP contribution in [0.15, 0.2) is 22.0 Å². The summed E-state index contributed by atoms with van der Waals surface area (Å²) >= 11 is 5.04. The van der Waals surface area contributed by atoms with Gasteiger partial charge in [0.2, 0.25) is 0 Å². The maximum atomic E-state index is 13.3. The maximum absolute atomic E-state index is 13.3. The molecule has 0 saturated heterocycles. The fourth-order valence-corrected chi connectivity index (χ4v) is 1.55. The Labute approximate surface area is 101 Å². The lowest BCUT2D eigenvalue weighted by Crippen LogP contribution is -2.12. The summed E-state index contributed by atoms with van der Waals surface area (Å²) in [6.07, 6.45) is 3.34. The summed E-state index contributed by atoms with van der Waals surface area (Å²) in [4.78, 5) is 3.91. The third-order valence-corrected chi connectivity index (χ3v) is 2.50. The smallest absolute Gasteiger partial charge is 0.183 e. The Bertz CT molecular complexity index is 445. The fourth-order valence-electron chi connectivity index (χ4n) is 0.937. The van der Waals surface area contributed by atoms with Crippen LogP contribution in [0.1, 0.15) is 0 Å². The van der Waals surface area contributed by atoms with Gasteiger partial charge in [-0.25, -0.2) is 13.8 Å². The van der Waals surface area contributed by atoms with Gasteiger partial charge < -0.3 is 0 Å². The third-order valence-electron chi connectivity index (χ3n) is 1.58. The first kappa shape index (κ1) is 12.8. The van der Waals surface area contributed by atoms with E-state index in [0.717, 1.165) is 17.8 Å². The van der Waals surface area contributed by atoms with Crippen LogP contribution < -0.4 is 5.32 Å². The van der Waals surface area contributed by atoms with Crippen LogP contribution in [0.25, 0.3) is 0 Å². The Balaban J connectivity index is 3.19. The lowest BCUT2D eigenvalue weighted by molar-refractivity contribution is 0.579. The van der Waals surface area contributed by atoms with Crippen molar-refractivity contribution in [1.82, 2.24) is 5.32 Å². The van der Waals surface area contributed by atoms with Crippen molar-refractivity contribution in [3.05, 3.63) is 23.8 Å². The van der Waals surface area contributed by atoms with Gasteiger partial charge in [-0.15, -0.1) is 12.6 Å². The van der Waals surface area contributed by atoms with Crippen molar-refractivity contribution in [3.8, 4) is 6.19 Å². The summed E-state index contributed by atoms with van der Waals surface area (Å²) in [5, 5.41) is 10.9. The molecular weight excluding hydrogens is 252 g/mol. The Morgan fingerprint density at radius 2 is 2.25 bits per heavy atom. The molecule has 0 aliphatic heterocycles. The largest absolute Gasteiger partial charge is 0.271 e. The lowest BCUT2D eigenvalue weighted by atomic mass is 10.3. The molecule has 7 heteroatoms. The maximum Gasteiger partial charge on any atom is 0.183 e. The number of halogens is 2. The SMILES string of the molecule is CSC(=Nc1c(F)cc(F)cc1S)NC#N. The molecule has 0 spiro atoms. The fraction of sp³-hybridized carbons (Fsp3) is 0.111. The van der Waals surface area contributed by atoms with Crippen LogP contribution >= 0.6 is 24.4 Å². The van der Waals surface area contributed by atoms with Gasteiger partial charge >= 0.3 is 0 Å². The van der Waals surface area contributed by atoms with Gasteiger partial charge in [0.15, 0.2) is 17.2 Å². The summed E-state index contributed by atoms with van der Waals surface area (Å²) in [7, 11) is 0. The van der Waals surface area contributed by atoms with Crippen molar-refractivity contribution in [2.75, 3.05) is 6.26 Å². The number of amidine groups is 1. The molecule has 0 amide bonds. The van der Waals surface area contributed by atoms with E-state index in [-0.39, 0.29) is 15.8 Å². The van der Waals surface area contributed by atoms with E-state index in [9.17, 15) is 8.78 Å². The molecular formula is C9H7F2N3S2. The van der Waals surface area contributed by atoms with Crippen LogP contribution in [0.4, 0.5) is 14.5 Å². The Morgan fingerprint density at radius 1 is 1.56 bits per heavy atom. The molecule has 1 N–H and O–H groups in total. The summed E-state index contributed by atoms with van der Waals surface area (Å²) in [6, 6.07) is 1.76. The second kappa shape index (κ2) is 5.72. The molecule has 0 radical (unpaired) electrons. The molecule has 0 aromatic heterocycles. The predicted octanol–water partition coefficient (Wildman–Crippen LogP) is 2.67. The number of nitrogens with one attached hydrogen (secondary N) is 1. The van der Waals surface area contributed by atoms with Crippen molar-refractivity contribution >= 4 is 35.2 Å². The third kappa shape index (κ3) is 3.12. The zero-order chi connectivity index (χ0) is 12.1. The molecule has 1 aromatic carbocycles. The highest BCUT2D eigenvalue weighted by molar-refractivity contribution is 8.13. The summed E-state index contributed by atoms with van der Waals surface area (Å²) in [5.74, 6) is -1.54. The van der Waals surface area contributed by atoms with Crippen LogP contribution in [-0.2, 0) is 0 Å². The van der Waals surface area contributed by atoms with Gasteiger partial charge in [0.1, 0.15) is 11.5 Å². The van der Waals surface area contributed by atoms with Gasteiger partial charge in [0, 0.05) is 11.0 Å².